The number of nitrogens with zero attached hydrogens (tertiary/aromatic N) is 3. The van der Waals surface area contributed by atoms with Crippen LogP contribution >= 0.6 is 15.9 Å². The highest BCUT2D eigenvalue weighted by Crippen LogP contribution is 2.37. The highest BCUT2D eigenvalue weighted by molar-refractivity contribution is 9.10. The normalized spacial score (nSPS) is 19.0. The minimum absolute atomic E-state index is 0.00733. The second kappa shape index (κ2) is 7.63. The molecule has 148 valence electrons. The number of hydrogen-bond donors (Lipinski definition) is 1. The molecule has 0 bridgehead atoms. The number of benzene rings is 1. The summed E-state index contributed by atoms with van der Waals surface area (Å²) in [5.41, 5.74) is 1.07. The van der Waals surface area contributed by atoms with Crippen LogP contribution in [0.25, 0.3) is 0 Å². The molecule has 7 nitrogen and oxygen atoms in total. The van der Waals surface area contributed by atoms with Gasteiger partial charge >= 0.3 is 0 Å². The maximum Gasteiger partial charge on any atom is 0.289 e. The third-order valence-electron chi connectivity index (χ3n) is 5.09. The van der Waals surface area contributed by atoms with Crippen LogP contribution in [0.4, 0.5) is 15.9 Å². The number of nitrogens with one attached hydrogen (secondary N) is 1. The first-order valence-corrected chi connectivity index (χ1v) is 9.96. The zero-order valence-corrected chi connectivity index (χ0v) is 17.0. The van der Waals surface area contributed by atoms with Crippen molar-refractivity contribution < 1.29 is 13.9 Å². The van der Waals surface area contributed by atoms with E-state index in [0.717, 1.165) is 22.1 Å². The van der Waals surface area contributed by atoms with E-state index in [1.54, 1.807) is 9.80 Å². The van der Waals surface area contributed by atoms with E-state index in [0.29, 0.717) is 26.3 Å². The molecule has 2 aliphatic rings. The molecular formula is C19H20BrFN4O3. The lowest BCUT2D eigenvalue weighted by Crippen LogP contribution is -2.40. The number of anilines is 2. The lowest BCUT2D eigenvalue weighted by atomic mass is 10.1. The number of carbonyl (C=O) groups is 1. The van der Waals surface area contributed by atoms with Gasteiger partial charge in [0, 0.05) is 29.3 Å². The largest absolute Gasteiger partial charge is 0.378 e. The van der Waals surface area contributed by atoms with E-state index < -0.39 is 11.4 Å². The van der Waals surface area contributed by atoms with E-state index in [4.69, 9.17) is 4.74 Å². The topological polar surface area (TPSA) is 78.5 Å². The zero-order chi connectivity index (χ0) is 19.8. The van der Waals surface area contributed by atoms with E-state index in [1.807, 2.05) is 25.1 Å². The van der Waals surface area contributed by atoms with Crippen molar-refractivity contribution in [1.29, 1.82) is 0 Å². The van der Waals surface area contributed by atoms with Crippen LogP contribution in [0.5, 0.6) is 0 Å². The monoisotopic (exact) mass is 450 g/mol. The molecule has 1 aromatic carbocycles. The van der Waals surface area contributed by atoms with Crippen molar-refractivity contribution in [3.05, 3.63) is 50.2 Å². The fourth-order valence-corrected chi connectivity index (χ4v) is 4.29. The minimum atomic E-state index is -0.929. The average molecular weight is 451 g/mol. The Morgan fingerprint density at radius 3 is 2.89 bits per heavy atom. The number of carbonyl (C=O) groups excluding carboxylic acids is 1. The van der Waals surface area contributed by atoms with E-state index in [2.05, 4.69) is 25.9 Å². The first kappa shape index (κ1) is 19.1. The van der Waals surface area contributed by atoms with Crippen molar-refractivity contribution in [1.82, 2.24) is 9.97 Å². The minimum Gasteiger partial charge on any atom is -0.378 e. The second-order valence-corrected chi connectivity index (χ2v) is 7.84. The number of fused-ring (bicyclic) bond motifs is 1. The van der Waals surface area contributed by atoms with Gasteiger partial charge in [0.25, 0.3) is 5.56 Å². The molecule has 0 radical (unpaired) electrons. The third-order valence-corrected chi connectivity index (χ3v) is 5.83. The highest BCUT2D eigenvalue weighted by atomic mass is 79.9. The summed E-state index contributed by atoms with van der Waals surface area (Å²) in [4.78, 5) is 35.1. The quantitative estimate of drug-likeness (QED) is 0.773. The Morgan fingerprint density at radius 2 is 2.14 bits per heavy atom. The van der Waals surface area contributed by atoms with Crippen molar-refractivity contribution in [2.24, 2.45) is 0 Å². The molecule has 0 saturated carbocycles. The predicted octanol–water partition coefficient (Wildman–Crippen LogP) is 2.03. The number of aromatic nitrogens is 2. The smallest absolute Gasteiger partial charge is 0.289 e. The molecule has 0 unspecified atom stereocenters. The van der Waals surface area contributed by atoms with E-state index >= 15 is 0 Å². The number of ether oxygens (including phenoxy) is 1. The van der Waals surface area contributed by atoms with Crippen LogP contribution in [0.2, 0.25) is 0 Å². The Kier molecular flexibility index (Phi) is 5.20. The molecule has 0 spiro atoms. The van der Waals surface area contributed by atoms with Gasteiger partial charge in [-0.3, -0.25) is 9.59 Å². The fourth-order valence-electron chi connectivity index (χ4n) is 3.77. The summed E-state index contributed by atoms with van der Waals surface area (Å²) in [6.45, 7) is 3.76. The van der Waals surface area contributed by atoms with E-state index in [-0.39, 0.29) is 30.0 Å². The summed E-state index contributed by atoms with van der Waals surface area (Å²) >= 11 is 3.53. The summed E-state index contributed by atoms with van der Waals surface area (Å²) in [6, 6.07) is 5.73. The van der Waals surface area contributed by atoms with Crippen molar-refractivity contribution in [2.75, 3.05) is 36.1 Å². The zero-order valence-electron chi connectivity index (χ0n) is 15.4. The van der Waals surface area contributed by atoms with Crippen LogP contribution in [0.1, 0.15) is 18.3 Å². The molecule has 3 heterocycles. The van der Waals surface area contributed by atoms with Crippen LogP contribution in [-0.2, 0) is 22.4 Å². The fraction of sp³-hybridized carbons (Fsp3) is 0.421. The SMILES string of the molecule is C[C@@H]1Cc2c(Br)cccc2N1C(=O)Cc1nc(N2CCOCC2)c(F)c(=O)[nH]1. The van der Waals surface area contributed by atoms with Gasteiger partial charge in [-0.15, -0.1) is 0 Å². The van der Waals surface area contributed by atoms with Crippen molar-refractivity contribution in [3.63, 3.8) is 0 Å². The second-order valence-electron chi connectivity index (χ2n) is 6.98. The number of hydrogen-bond acceptors (Lipinski definition) is 5. The Hall–Kier alpha value is -2.26. The van der Waals surface area contributed by atoms with Crippen LogP contribution in [0.3, 0.4) is 0 Å². The molecule has 2 aromatic rings. The number of rotatable bonds is 3. The van der Waals surface area contributed by atoms with Gasteiger partial charge in [0.05, 0.1) is 19.6 Å². The number of aromatic amines is 1. The van der Waals surface area contributed by atoms with Gasteiger partial charge in [-0.05, 0) is 31.0 Å². The molecule has 28 heavy (non-hydrogen) atoms. The number of morpholine rings is 1. The molecule has 0 aliphatic carbocycles. The molecule has 1 N–H and O–H groups in total. The van der Waals surface area contributed by atoms with Gasteiger partial charge in [0.15, 0.2) is 5.82 Å². The van der Waals surface area contributed by atoms with Gasteiger partial charge in [0.1, 0.15) is 5.82 Å². The van der Waals surface area contributed by atoms with Gasteiger partial charge in [0.2, 0.25) is 11.7 Å². The Balaban J connectivity index is 1.61. The van der Waals surface area contributed by atoms with Crippen molar-refractivity contribution >= 4 is 33.3 Å². The maximum absolute atomic E-state index is 14.3. The van der Waals surface area contributed by atoms with Crippen molar-refractivity contribution in [2.45, 2.75) is 25.8 Å². The molecular weight excluding hydrogens is 431 g/mol. The van der Waals surface area contributed by atoms with Gasteiger partial charge in [-0.2, -0.15) is 4.39 Å². The highest BCUT2D eigenvalue weighted by Gasteiger charge is 2.32. The molecule has 1 saturated heterocycles. The molecule has 1 amide bonds. The van der Waals surface area contributed by atoms with Crippen LogP contribution in [-0.4, -0.2) is 48.2 Å². The Labute approximate surface area is 169 Å². The summed E-state index contributed by atoms with van der Waals surface area (Å²) in [7, 11) is 0. The van der Waals surface area contributed by atoms with Crippen LogP contribution in [0.15, 0.2) is 27.5 Å². The molecule has 1 aromatic heterocycles. The summed E-state index contributed by atoms with van der Waals surface area (Å²) in [5, 5.41) is 0. The summed E-state index contributed by atoms with van der Waals surface area (Å²) in [5.74, 6) is -0.977. The van der Waals surface area contributed by atoms with Gasteiger partial charge in [-0.1, -0.05) is 22.0 Å². The first-order valence-electron chi connectivity index (χ1n) is 9.16. The van der Waals surface area contributed by atoms with Gasteiger partial charge in [-0.25, -0.2) is 4.98 Å². The number of H-pyrrole nitrogens is 1. The maximum atomic E-state index is 14.3. The lowest BCUT2D eigenvalue weighted by Gasteiger charge is -2.28. The number of amides is 1. The molecule has 2 aliphatic heterocycles. The Morgan fingerprint density at radius 1 is 1.39 bits per heavy atom. The standard InChI is InChI=1S/C19H20BrFN4O3/c1-11-9-12-13(20)3-2-4-14(12)25(11)16(26)10-15-22-18(17(21)19(27)23-15)24-5-7-28-8-6-24/h2-4,11H,5-10H2,1H3,(H,22,23,27)/t11-/m1/s1. The van der Waals surface area contributed by atoms with Crippen LogP contribution < -0.4 is 15.4 Å². The van der Waals surface area contributed by atoms with Gasteiger partial charge < -0.3 is 19.5 Å². The number of halogens is 2. The van der Waals surface area contributed by atoms with E-state index in [9.17, 15) is 14.0 Å². The summed E-state index contributed by atoms with van der Waals surface area (Å²) in [6.07, 6.45) is 0.637. The molecule has 1 fully saturated rings. The molecule has 9 heteroatoms. The Bertz CT molecular complexity index is 974. The van der Waals surface area contributed by atoms with E-state index in [1.165, 1.54) is 0 Å². The average Bonchev–Trinajstić information content (AvgIpc) is 3.02. The first-order chi connectivity index (χ1) is 13.5. The predicted molar refractivity (Wildman–Crippen MR) is 106 cm³/mol. The molecule has 1 atom stereocenters. The third kappa shape index (κ3) is 3.44. The summed E-state index contributed by atoms with van der Waals surface area (Å²) < 4.78 is 20.6. The molecule has 4 rings (SSSR count). The van der Waals surface area contributed by atoms with Crippen molar-refractivity contribution in [3.8, 4) is 0 Å². The van der Waals surface area contributed by atoms with Crippen LogP contribution in [0, 0.1) is 5.82 Å². The lowest BCUT2D eigenvalue weighted by molar-refractivity contribution is -0.118.